The Morgan fingerprint density at radius 2 is 2.43 bits per heavy atom. The predicted molar refractivity (Wildman–Crippen MR) is 53.3 cm³/mol. The molecule has 0 radical (unpaired) electrons. The van der Waals surface area contributed by atoms with Crippen molar-refractivity contribution in [2.75, 3.05) is 26.2 Å². The summed E-state index contributed by atoms with van der Waals surface area (Å²) in [5.74, 6) is -0.771. The summed E-state index contributed by atoms with van der Waals surface area (Å²) in [6.07, 6.45) is 2.38. The zero-order valence-corrected chi connectivity index (χ0v) is 8.74. The number of carbonyl (C=O) groups is 1. The molecule has 1 saturated heterocycles. The molecule has 4 heteroatoms. The normalized spacial score (nSPS) is 23.6. The van der Waals surface area contributed by atoms with Crippen molar-refractivity contribution in [2.45, 2.75) is 32.3 Å². The smallest absolute Gasteiger partial charge is 0.306 e. The fraction of sp³-hybridized carbons (Fsp3) is 0.900. The molecular formula is C10H19NO3. The minimum absolute atomic E-state index is 0.113. The van der Waals surface area contributed by atoms with Crippen molar-refractivity contribution < 1.29 is 14.6 Å². The van der Waals surface area contributed by atoms with E-state index in [9.17, 15) is 4.79 Å². The summed E-state index contributed by atoms with van der Waals surface area (Å²) in [5, 5.41) is 8.63. The molecule has 4 nitrogen and oxygen atoms in total. The van der Waals surface area contributed by atoms with Crippen LogP contribution in [0.5, 0.6) is 0 Å². The Bertz CT molecular complexity index is 184. The van der Waals surface area contributed by atoms with Gasteiger partial charge in [-0.25, -0.2) is 0 Å². The van der Waals surface area contributed by atoms with E-state index in [0.717, 1.165) is 19.6 Å². The van der Waals surface area contributed by atoms with Crippen molar-refractivity contribution in [2.24, 2.45) is 0 Å². The zero-order valence-electron chi connectivity index (χ0n) is 8.74. The third kappa shape index (κ3) is 4.07. The zero-order chi connectivity index (χ0) is 10.4. The number of carboxylic acids is 1. The summed E-state index contributed by atoms with van der Waals surface area (Å²) in [6.45, 7) is 5.61. The summed E-state index contributed by atoms with van der Waals surface area (Å²) < 4.78 is 5.38. The van der Waals surface area contributed by atoms with Crippen molar-refractivity contribution in [3.63, 3.8) is 0 Å². The van der Waals surface area contributed by atoms with Gasteiger partial charge in [-0.3, -0.25) is 9.69 Å². The number of hydrogen-bond acceptors (Lipinski definition) is 3. The van der Waals surface area contributed by atoms with Crippen LogP contribution in [-0.2, 0) is 9.53 Å². The number of ether oxygens (including phenoxy) is 1. The van der Waals surface area contributed by atoms with Crippen LogP contribution in [-0.4, -0.2) is 48.3 Å². The standard InChI is InChI=1S/C10H19NO3/c1-2-3-4-11-5-6-14-9(8-11)7-10(12)13/h9H,2-8H2,1H3,(H,12,13). The van der Waals surface area contributed by atoms with Crippen molar-refractivity contribution >= 4 is 5.97 Å². The van der Waals surface area contributed by atoms with Crippen LogP contribution in [0.3, 0.4) is 0 Å². The lowest BCUT2D eigenvalue weighted by atomic mass is 10.2. The molecule has 0 amide bonds. The second kappa shape index (κ2) is 5.98. The average molecular weight is 201 g/mol. The highest BCUT2D eigenvalue weighted by Crippen LogP contribution is 2.09. The SMILES string of the molecule is CCCCN1CCOC(CC(=O)O)C1. The van der Waals surface area contributed by atoms with Crippen LogP contribution in [0.25, 0.3) is 0 Å². The lowest BCUT2D eigenvalue weighted by Crippen LogP contribution is -2.43. The molecule has 0 saturated carbocycles. The molecule has 1 aliphatic heterocycles. The Morgan fingerprint density at radius 1 is 1.64 bits per heavy atom. The Kier molecular flexibility index (Phi) is 4.90. The number of nitrogens with zero attached hydrogens (tertiary/aromatic N) is 1. The molecular weight excluding hydrogens is 182 g/mol. The number of hydrogen-bond donors (Lipinski definition) is 1. The molecule has 1 heterocycles. The maximum atomic E-state index is 10.5. The van der Waals surface area contributed by atoms with Crippen LogP contribution >= 0.6 is 0 Å². The van der Waals surface area contributed by atoms with Crippen LogP contribution in [0.15, 0.2) is 0 Å². The van der Waals surface area contributed by atoms with Gasteiger partial charge in [0.15, 0.2) is 0 Å². The van der Waals surface area contributed by atoms with Crippen LogP contribution in [0.2, 0.25) is 0 Å². The first kappa shape index (κ1) is 11.5. The second-order valence-corrected chi connectivity index (χ2v) is 3.74. The molecule has 0 aromatic rings. The summed E-state index contributed by atoms with van der Waals surface area (Å²) in [5.41, 5.74) is 0. The minimum Gasteiger partial charge on any atom is -0.481 e. The molecule has 0 bridgehead atoms. The fourth-order valence-electron chi connectivity index (χ4n) is 1.68. The Balaban J connectivity index is 2.24. The van der Waals surface area contributed by atoms with E-state index in [2.05, 4.69) is 11.8 Å². The van der Waals surface area contributed by atoms with Gasteiger partial charge >= 0.3 is 5.97 Å². The summed E-state index contributed by atoms with van der Waals surface area (Å²) in [4.78, 5) is 12.8. The van der Waals surface area contributed by atoms with Gasteiger partial charge in [0.1, 0.15) is 0 Å². The van der Waals surface area contributed by atoms with Crippen LogP contribution in [0.1, 0.15) is 26.2 Å². The third-order valence-corrected chi connectivity index (χ3v) is 2.45. The van der Waals surface area contributed by atoms with Crippen LogP contribution < -0.4 is 0 Å². The number of morpholine rings is 1. The quantitative estimate of drug-likeness (QED) is 0.720. The largest absolute Gasteiger partial charge is 0.481 e. The van der Waals surface area contributed by atoms with E-state index in [1.807, 2.05) is 0 Å². The number of rotatable bonds is 5. The summed E-state index contributed by atoms with van der Waals surface area (Å²) >= 11 is 0. The lowest BCUT2D eigenvalue weighted by Gasteiger charge is -2.32. The molecule has 14 heavy (non-hydrogen) atoms. The van der Waals surface area contributed by atoms with Gasteiger partial charge in [-0.15, -0.1) is 0 Å². The van der Waals surface area contributed by atoms with Gasteiger partial charge in [0, 0.05) is 13.1 Å². The van der Waals surface area contributed by atoms with Gasteiger partial charge in [-0.1, -0.05) is 13.3 Å². The first-order chi connectivity index (χ1) is 6.72. The van der Waals surface area contributed by atoms with Crippen LogP contribution in [0.4, 0.5) is 0 Å². The molecule has 1 atom stereocenters. The molecule has 0 spiro atoms. The molecule has 82 valence electrons. The Morgan fingerprint density at radius 3 is 3.07 bits per heavy atom. The van der Waals surface area contributed by atoms with Gasteiger partial charge in [-0.2, -0.15) is 0 Å². The van der Waals surface area contributed by atoms with Gasteiger partial charge < -0.3 is 9.84 Å². The van der Waals surface area contributed by atoms with E-state index in [1.54, 1.807) is 0 Å². The first-order valence-electron chi connectivity index (χ1n) is 5.28. The number of unbranched alkanes of at least 4 members (excludes halogenated alkanes) is 1. The Hall–Kier alpha value is -0.610. The number of carboxylic acid groups (broad SMARTS) is 1. The highest BCUT2D eigenvalue weighted by Gasteiger charge is 2.21. The molecule has 1 aliphatic rings. The van der Waals surface area contributed by atoms with E-state index >= 15 is 0 Å². The Labute approximate surface area is 84.8 Å². The van der Waals surface area contributed by atoms with Crippen molar-refractivity contribution in [3.05, 3.63) is 0 Å². The number of aliphatic carboxylic acids is 1. The maximum absolute atomic E-state index is 10.5. The topological polar surface area (TPSA) is 49.8 Å². The summed E-state index contributed by atoms with van der Waals surface area (Å²) in [6, 6.07) is 0. The van der Waals surface area contributed by atoms with Crippen LogP contribution in [0, 0.1) is 0 Å². The third-order valence-electron chi connectivity index (χ3n) is 2.45. The van der Waals surface area contributed by atoms with Gasteiger partial charge in [-0.05, 0) is 13.0 Å². The van der Waals surface area contributed by atoms with E-state index < -0.39 is 5.97 Å². The average Bonchev–Trinajstić information content (AvgIpc) is 2.14. The minimum atomic E-state index is -0.771. The van der Waals surface area contributed by atoms with Gasteiger partial charge in [0.2, 0.25) is 0 Å². The van der Waals surface area contributed by atoms with E-state index in [1.165, 1.54) is 12.8 Å². The fourth-order valence-corrected chi connectivity index (χ4v) is 1.68. The first-order valence-corrected chi connectivity index (χ1v) is 5.28. The van der Waals surface area contributed by atoms with Gasteiger partial charge in [0.25, 0.3) is 0 Å². The predicted octanol–water partition coefficient (Wildman–Crippen LogP) is 0.962. The molecule has 0 aromatic carbocycles. The molecule has 1 unspecified atom stereocenters. The van der Waals surface area contributed by atoms with Crippen molar-refractivity contribution in [1.82, 2.24) is 4.90 Å². The summed E-state index contributed by atoms with van der Waals surface area (Å²) in [7, 11) is 0. The molecule has 0 aliphatic carbocycles. The highest BCUT2D eigenvalue weighted by atomic mass is 16.5. The van der Waals surface area contributed by atoms with Crippen molar-refractivity contribution in [3.8, 4) is 0 Å². The van der Waals surface area contributed by atoms with Crippen molar-refractivity contribution in [1.29, 1.82) is 0 Å². The molecule has 1 rings (SSSR count). The van der Waals surface area contributed by atoms with E-state index in [4.69, 9.17) is 9.84 Å². The van der Waals surface area contributed by atoms with Gasteiger partial charge in [0.05, 0.1) is 19.1 Å². The molecule has 0 aromatic heterocycles. The lowest BCUT2D eigenvalue weighted by molar-refractivity contribution is -0.142. The maximum Gasteiger partial charge on any atom is 0.306 e. The monoisotopic (exact) mass is 201 g/mol. The molecule has 1 fully saturated rings. The van der Waals surface area contributed by atoms with E-state index in [-0.39, 0.29) is 12.5 Å². The molecule has 1 N–H and O–H groups in total. The van der Waals surface area contributed by atoms with E-state index in [0.29, 0.717) is 6.61 Å². The second-order valence-electron chi connectivity index (χ2n) is 3.74. The highest BCUT2D eigenvalue weighted by molar-refractivity contribution is 5.67.